The van der Waals surface area contributed by atoms with E-state index in [9.17, 15) is 9.59 Å². The molecule has 1 atom stereocenters. The molecule has 4 heteroatoms. The Morgan fingerprint density at radius 3 is 2.15 bits per heavy atom. The van der Waals surface area contributed by atoms with Gasteiger partial charge in [0.15, 0.2) is 0 Å². The number of carbonyl (C=O) groups is 2. The number of rotatable bonds is 3. The zero-order valence-corrected chi connectivity index (χ0v) is 8.55. The Kier molecular flexibility index (Phi) is 3.91. The van der Waals surface area contributed by atoms with Crippen molar-refractivity contribution in [1.82, 2.24) is 5.32 Å². The molecule has 4 nitrogen and oxygen atoms in total. The molecule has 0 fully saturated rings. The monoisotopic (exact) mass is 187 g/mol. The Morgan fingerprint density at radius 2 is 1.85 bits per heavy atom. The number of nitrogens with one attached hydrogen (secondary N) is 1. The molecule has 0 aliphatic rings. The van der Waals surface area contributed by atoms with E-state index in [1.54, 1.807) is 0 Å². The van der Waals surface area contributed by atoms with Crippen LogP contribution in [0.3, 0.4) is 0 Å². The number of carbonyl (C=O) groups excluding carboxylic acids is 1. The third kappa shape index (κ3) is 5.22. The Hall–Kier alpha value is -1.06. The second-order valence-electron chi connectivity index (χ2n) is 4.34. The summed E-state index contributed by atoms with van der Waals surface area (Å²) < 4.78 is 0. The van der Waals surface area contributed by atoms with Gasteiger partial charge in [-0.3, -0.25) is 9.59 Å². The number of hydrogen-bond acceptors (Lipinski definition) is 2. The minimum Gasteiger partial charge on any atom is -0.481 e. The number of amides is 1. The molecular weight excluding hydrogens is 170 g/mol. The maximum atomic E-state index is 11.1. The molecule has 1 amide bonds. The van der Waals surface area contributed by atoms with Crippen molar-refractivity contribution in [3.63, 3.8) is 0 Å². The van der Waals surface area contributed by atoms with Crippen molar-refractivity contribution in [2.24, 2.45) is 11.3 Å². The highest BCUT2D eigenvalue weighted by Crippen LogP contribution is 2.10. The molecule has 76 valence electrons. The first-order chi connectivity index (χ1) is 5.74. The van der Waals surface area contributed by atoms with Crippen LogP contribution in [0.25, 0.3) is 0 Å². The van der Waals surface area contributed by atoms with Crippen LogP contribution < -0.4 is 5.32 Å². The number of carboxylic acids is 1. The van der Waals surface area contributed by atoms with Gasteiger partial charge in [0.25, 0.3) is 0 Å². The van der Waals surface area contributed by atoms with E-state index in [0.29, 0.717) is 6.54 Å². The average Bonchev–Trinajstić information content (AvgIpc) is 1.97. The van der Waals surface area contributed by atoms with Crippen LogP contribution in [0.4, 0.5) is 0 Å². The van der Waals surface area contributed by atoms with Crippen LogP contribution in [0.2, 0.25) is 0 Å². The fraction of sp³-hybridized carbons (Fsp3) is 0.778. The first kappa shape index (κ1) is 11.9. The Bertz CT molecular complexity index is 205. The normalized spacial score (nSPS) is 13.5. The summed E-state index contributed by atoms with van der Waals surface area (Å²) >= 11 is 0. The third-order valence-electron chi connectivity index (χ3n) is 1.56. The van der Waals surface area contributed by atoms with Gasteiger partial charge in [-0.2, -0.15) is 0 Å². The van der Waals surface area contributed by atoms with Crippen molar-refractivity contribution < 1.29 is 14.7 Å². The van der Waals surface area contributed by atoms with Crippen molar-refractivity contribution in [1.29, 1.82) is 0 Å². The molecular formula is C9H17NO3. The zero-order valence-electron chi connectivity index (χ0n) is 8.55. The minimum atomic E-state index is -1.09. The molecule has 0 spiro atoms. The fourth-order valence-electron chi connectivity index (χ4n) is 0.618. The summed E-state index contributed by atoms with van der Waals surface area (Å²) in [6, 6.07) is 0. The molecule has 0 saturated heterocycles. The lowest BCUT2D eigenvalue weighted by molar-refractivity contribution is -0.146. The van der Waals surface area contributed by atoms with Crippen LogP contribution >= 0.6 is 0 Å². The molecule has 0 rings (SSSR count). The van der Waals surface area contributed by atoms with Crippen LogP contribution in [0.15, 0.2) is 0 Å². The molecule has 0 aliphatic heterocycles. The quantitative estimate of drug-likeness (QED) is 0.644. The molecule has 0 aromatic heterocycles. The standard InChI is InChI=1S/C9H17NO3/c1-6(8(12)13)7(11)10-5-9(2,3)4/h6H,5H2,1-4H3,(H,10,11)(H,12,13). The second-order valence-corrected chi connectivity index (χ2v) is 4.34. The van der Waals surface area contributed by atoms with Gasteiger partial charge in [0.1, 0.15) is 5.92 Å². The summed E-state index contributed by atoms with van der Waals surface area (Å²) in [7, 11) is 0. The number of carboxylic acid groups (broad SMARTS) is 1. The van der Waals surface area contributed by atoms with Gasteiger partial charge in [-0.15, -0.1) is 0 Å². The van der Waals surface area contributed by atoms with Gasteiger partial charge in [0.2, 0.25) is 5.91 Å². The smallest absolute Gasteiger partial charge is 0.315 e. The summed E-state index contributed by atoms with van der Waals surface area (Å²) in [5.74, 6) is -2.49. The largest absolute Gasteiger partial charge is 0.481 e. The molecule has 0 bridgehead atoms. The first-order valence-electron chi connectivity index (χ1n) is 4.24. The highest BCUT2D eigenvalue weighted by atomic mass is 16.4. The predicted molar refractivity (Wildman–Crippen MR) is 49.3 cm³/mol. The molecule has 0 aliphatic carbocycles. The van der Waals surface area contributed by atoms with Gasteiger partial charge in [-0.05, 0) is 12.3 Å². The lowest BCUT2D eigenvalue weighted by Gasteiger charge is -2.19. The number of hydrogen-bond donors (Lipinski definition) is 2. The highest BCUT2D eigenvalue weighted by molar-refractivity contribution is 5.96. The molecule has 0 radical (unpaired) electrons. The topological polar surface area (TPSA) is 66.4 Å². The van der Waals surface area contributed by atoms with E-state index >= 15 is 0 Å². The van der Waals surface area contributed by atoms with Crippen LogP contribution in [0.1, 0.15) is 27.7 Å². The van der Waals surface area contributed by atoms with Crippen molar-refractivity contribution in [3.8, 4) is 0 Å². The fourth-order valence-corrected chi connectivity index (χ4v) is 0.618. The summed E-state index contributed by atoms with van der Waals surface area (Å²) in [4.78, 5) is 21.5. The van der Waals surface area contributed by atoms with Crippen LogP contribution in [-0.2, 0) is 9.59 Å². The Balaban J connectivity index is 3.96. The predicted octanol–water partition coefficient (Wildman–Crippen LogP) is 0.869. The van der Waals surface area contributed by atoms with E-state index in [0.717, 1.165) is 0 Å². The SMILES string of the molecule is CC(C(=O)O)C(=O)NCC(C)(C)C. The van der Waals surface area contributed by atoms with E-state index < -0.39 is 17.8 Å². The van der Waals surface area contributed by atoms with Gasteiger partial charge in [-0.1, -0.05) is 20.8 Å². The van der Waals surface area contributed by atoms with Crippen molar-refractivity contribution in [2.45, 2.75) is 27.7 Å². The van der Waals surface area contributed by atoms with Gasteiger partial charge in [0, 0.05) is 6.54 Å². The zero-order chi connectivity index (χ0) is 10.6. The maximum Gasteiger partial charge on any atom is 0.315 e. The minimum absolute atomic E-state index is 0.0200. The third-order valence-corrected chi connectivity index (χ3v) is 1.56. The van der Waals surface area contributed by atoms with Crippen LogP contribution in [0.5, 0.6) is 0 Å². The molecule has 13 heavy (non-hydrogen) atoms. The van der Waals surface area contributed by atoms with E-state index in [-0.39, 0.29) is 5.41 Å². The molecule has 0 aromatic carbocycles. The van der Waals surface area contributed by atoms with Gasteiger partial charge < -0.3 is 10.4 Å². The summed E-state index contributed by atoms with van der Waals surface area (Å²) in [6.45, 7) is 7.78. The summed E-state index contributed by atoms with van der Waals surface area (Å²) in [6.07, 6.45) is 0. The van der Waals surface area contributed by atoms with Gasteiger partial charge >= 0.3 is 5.97 Å². The average molecular weight is 187 g/mol. The maximum absolute atomic E-state index is 11.1. The summed E-state index contributed by atoms with van der Waals surface area (Å²) in [5, 5.41) is 11.1. The molecule has 0 heterocycles. The van der Waals surface area contributed by atoms with Crippen LogP contribution in [0, 0.1) is 11.3 Å². The van der Waals surface area contributed by atoms with Crippen LogP contribution in [-0.4, -0.2) is 23.5 Å². The first-order valence-corrected chi connectivity index (χ1v) is 4.24. The Labute approximate surface area is 78.3 Å². The van der Waals surface area contributed by atoms with Crippen molar-refractivity contribution >= 4 is 11.9 Å². The van der Waals surface area contributed by atoms with Gasteiger partial charge in [-0.25, -0.2) is 0 Å². The lowest BCUT2D eigenvalue weighted by atomic mass is 9.96. The molecule has 1 unspecified atom stereocenters. The van der Waals surface area contributed by atoms with E-state index in [1.807, 2.05) is 20.8 Å². The molecule has 0 aromatic rings. The van der Waals surface area contributed by atoms with Crippen molar-refractivity contribution in [2.75, 3.05) is 6.54 Å². The highest BCUT2D eigenvalue weighted by Gasteiger charge is 2.21. The second kappa shape index (κ2) is 4.25. The summed E-state index contributed by atoms with van der Waals surface area (Å²) in [5.41, 5.74) is -0.0200. The van der Waals surface area contributed by atoms with E-state index in [2.05, 4.69) is 5.32 Å². The van der Waals surface area contributed by atoms with E-state index in [1.165, 1.54) is 6.92 Å². The van der Waals surface area contributed by atoms with Gasteiger partial charge in [0.05, 0.1) is 0 Å². The van der Waals surface area contributed by atoms with E-state index in [4.69, 9.17) is 5.11 Å². The number of aliphatic carboxylic acids is 1. The molecule has 2 N–H and O–H groups in total. The Morgan fingerprint density at radius 1 is 1.38 bits per heavy atom. The lowest BCUT2D eigenvalue weighted by Crippen LogP contribution is -2.38. The van der Waals surface area contributed by atoms with Crippen molar-refractivity contribution in [3.05, 3.63) is 0 Å². The molecule has 0 saturated carbocycles.